The summed E-state index contributed by atoms with van der Waals surface area (Å²) in [5.74, 6) is -0.115. The number of unbranched alkanes of at least 4 members (excludes halogenated alkanes) is 4. The summed E-state index contributed by atoms with van der Waals surface area (Å²) in [5.41, 5.74) is 5.87. The van der Waals surface area contributed by atoms with Crippen LogP contribution in [-0.4, -0.2) is 0 Å². The van der Waals surface area contributed by atoms with Crippen LogP contribution in [0.5, 0.6) is 0 Å². The van der Waals surface area contributed by atoms with Gasteiger partial charge in [0.25, 0.3) is 0 Å². The Bertz CT molecular complexity index is 1140. The van der Waals surface area contributed by atoms with E-state index in [1.165, 1.54) is 60.8 Å². The van der Waals surface area contributed by atoms with Gasteiger partial charge < -0.3 is 0 Å². The Morgan fingerprint density at radius 3 is 1.59 bits per heavy atom. The molecule has 3 unspecified atom stereocenters. The molecule has 1 heteroatoms. The lowest BCUT2D eigenvalue weighted by molar-refractivity contribution is 0.325. The van der Waals surface area contributed by atoms with Crippen molar-refractivity contribution in [3.63, 3.8) is 0 Å². The number of aryl methyl sites for hydroxylation is 2. The van der Waals surface area contributed by atoms with Crippen LogP contribution in [0.1, 0.15) is 112 Å². The quantitative estimate of drug-likeness (QED) is 0.155. The molecule has 0 saturated carbocycles. The van der Waals surface area contributed by atoms with Crippen LogP contribution in [0.2, 0.25) is 0 Å². The normalized spacial score (nSPS) is 20.4. The zero-order valence-corrected chi connectivity index (χ0v) is 24.5. The third-order valence-electron chi connectivity index (χ3n) is 9.02. The Morgan fingerprint density at radius 2 is 1.15 bits per heavy atom. The van der Waals surface area contributed by atoms with Gasteiger partial charge >= 0.3 is 0 Å². The lowest BCUT2D eigenvalue weighted by Gasteiger charge is -2.43. The fraction of sp³-hybridized carbons (Fsp3) is 0.421. The summed E-state index contributed by atoms with van der Waals surface area (Å²) in [6.45, 7) is 9.05. The topological polar surface area (TPSA) is 0 Å². The van der Waals surface area contributed by atoms with E-state index in [4.69, 9.17) is 0 Å². The van der Waals surface area contributed by atoms with E-state index in [-0.39, 0.29) is 23.6 Å². The average Bonchev–Trinajstić information content (AvgIpc) is 2.98. The largest absolute Gasteiger partial charge is 0.211 e. The minimum Gasteiger partial charge on any atom is -0.211 e. The van der Waals surface area contributed by atoms with Crippen LogP contribution in [0.15, 0.2) is 103 Å². The molecular weight excluding hydrogens is 475 g/mol. The molecule has 0 spiro atoms. The van der Waals surface area contributed by atoms with Crippen molar-refractivity contribution in [2.45, 2.75) is 96.8 Å². The van der Waals surface area contributed by atoms with Crippen molar-refractivity contribution >= 4 is 0 Å². The van der Waals surface area contributed by atoms with Gasteiger partial charge in [0.05, 0.1) is 5.92 Å². The van der Waals surface area contributed by atoms with Crippen LogP contribution in [0.3, 0.4) is 0 Å². The van der Waals surface area contributed by atoms with Crippen LogP contribution < -0.4 is 0 Å². The first-order valence-corrected chi connectivity index (χ1v) is 15.3. The number of rotatable bonds is 13. The van der Waals surface area contributed by atoms with E-state index in [0.29, 0.717) is 0 Å². The van der Waals surface area contributed by atoms with E-state index < -0.39 is 5.41 Å². The van der Waals surface area contributed by atoms with Gasteiger partial charge in [-0.15, -0.1) is 0 Å². The van der Waals surface area contributed by atoms with E-state index in [1.54, 1.807) is 0 Å². The zero-order valence-electron chi connectivity index (χ0n) is 24.5. The third-order valence-corrected chi connectivity index (χ3v) is 9.02. The Labute approximate surface area is 237 Å². The van der Waals surface area contributed by atoms with Crippen molar-refractivity contribution in [2.24, 2.45) is 5.41 Å². The predicted molar refractivity (Wildman–Crippen MR) is 166 cm³/mol. The molecule has 1 aliphatic carbocycles. The maximum atomic E-state index is 16.1. The van der Waals surface area contributed by atoms with Gasteiger partial charge in [0, 0.05) is 5.41 Å². The van der Waals surface area contributed by atoms with Crippen molar-refractivity contribution in [3.05, 3.63) is 131 Å². The predicted octanol–water partition coefficient (Wildman–Crippen LogP) is 11.3. The second-order valence-electron chi connectivity index (χ2n) is 11.6. The molecule has 0 aliphatic heterocycles. The van der Waals surface area contributed by atoms with Gasteiger partial charge in [0.15, 0.2) is 0 Å². The fourth-order valence-corrected chi connectivity index (χ4v) is 6.26. The summed E-state index contributed by atoms with van der Waals surface area (Å²) in [6, 6.07) is 28.3. The molecular formula is C38H47F. The molecule has 1 aliphatic rings. The Balaban J connectivity index is 1.66. The van der Waals surface area contributed by atoms with Gasteiger partial charge in [-0.3, -0.25) is 0 Å². The molecule has 3 aromatic rings. The third kappa shape index (κ3) is 6.99. The summed E-state index contributed by atoms with van der Waals surface area (Å²) in [6.07, 6.45) is 16.1. The first kappa shape index (κ1) is 29.1. The highest BCUT2D eigenvalue weighted by atomic mass is 19.1. The Hall–Kier alpha value is -2.93. The molecule has 0 fully saturated rings. The molecule has 0 heterocycles. The molecule has 0 nitrogen and oxygen atoms in total. The Kier molecular flexibility index (Phi) is 10.4. The minimum absolute atomic E-state index is 0.0465. The van der Waals surface area contributed by atoms with Crippen LogP contribution in [0.4, 0.5) is 4.39 Å². The standard InChI is InChI=1S/C38H47F/c1-5-7-10-14-31-18-22-33(23-19-31)29(3)38(27-26-36(37(39)28-38)35-16-12-9-13-17-35)30(4)34-24-20-32(21-25-34)15-11-8-6-2/h9,12-13,16-30,36H,5-8,10-11,14-15H2,1-4H3. The van der Waals surface area contributed by atoms with E-state index in [1.807, 2.05) is 36.4 Å². The lowest BCUT2D eigenvalue weighted by atomic mass is 9.61. The maximum Gasteiger partial charge on any atom is 0.108 e. The summed E-state index contributed by atoms with van der Waals surface area (Å²) < 4.78 is 16.1. The van der Waals surface area contributed by atoms with Gasteiger partial charge in [-0.05, 0) is 71.4 Å². The highest BCUT2D eigenvalue weighted by Gasteiger charge is 2.42. The van der Waals surface area contributed by atoms with Crippen molar-refractivity contribution in [1.29, 1.82) is 0 Å². The molecule has 0 bridgehead atoms. The van der Waals surface area contributed by atoms with Gasteiger partial charge in [-0.2, -0.15) is 0 Å². The van der Waals surface area contributed by atoms with E-state index in [9.17, 15) is 0 Å². The summed E-state index contributed by atoms with van der Waals surface area (Å²) in [7, 11) is 0. The zero-order chi connectivity index (χ0) is 27.7. The highest BCUT2D eigenvalue weighted by Crippen LogP contribution is 2.53. The SMILES string of the molecule is CCCCCc1ccc(C(C)C2(C(C)c3ccc(CCCCC)cc3)C=CC(c3ccccc3)C(F)=C2)cc1. The molecule has 0 saturated heterocycles. The maximum absolute atomic E-state index is 16.1. The van der Waals surface area contributed by atoms with Crippen molar-refractivity contribution in [1.82, 2.24) is 0 Å². The van der Waals surface area contributed by atoms with Crippen LogP contribution in [0, 0.1) is 5.41 Å². The second kappa shape index (κ2) is 13.9. The summed E-state index contributed by atoms with van der Waals surface area (Å²) in [4.78, 5) is 0. The van der Waals surface area contributed by atoms with Crippen LogP contribution >= 0.6 is 0 Å². The molecule has 3 atom stereocenters. The molecule has 0 radical (unpaired) electrons. The minimum atomic E-state index is -0.456. The lowest BCUT2D eigenvalue weighted by Crippen LogP contribution is -2.32. The average molecular weight is 523 g/mol. The number of hydrogen-bond acceptors (Lipinski definition) is 0. The molecule has 0 amide bonds. The van der Waals surface area contributed by atoms with E-state index >= 15 is 4.39 Å². The van der Waals surface area contributed by atoms with Gasteiger partial charge in [0.2, 0.25) is 0 Å². The van der Waals surface area contributed by atoms with Crippen LogP contribution in [-0.2, 0) is 12.8 Å². The van der Waals surface area contributed by atoms with Crippen molar-refractivity contribution in [2.75, 3.05) is 0 Å². The summed E-state index contributed by atoms with van der Waals surface area (Å²) in [5, 5.41) is 0. The monoisotopic (exact) mass is 522 g/mol. The van der Waals surface area contributed by atoms with E-state index in [2.05, 4.69) is 88.4 Å². The van der Waals surface area contributed by atoms with Gasteiger partial charge in [0.1, 0.15) is 5.83 Å². The van der Waals surface area contributed by atoms with E-state index in [0.717, 1.165) is 18.4 Å². The second-order valence-corrected chi connectivity index (χ2v) is 11.6. The smallest absolute Gasteiger partial charge is 0.108 e. The highest BCUT2D eigenvalue weighted by molar-refractivity contribution is 5.44. The van der Waals surface area contributed by atoms with Crippen molar-refractivity contribution < 1.29 is 4.39 Å². The first-order valence-electron chi connectivity index (χ1n) is 15.3. The van der Waals surface area contributed by atoms with Crippen LogP contribution in [0.25, 0.3) is 0 Å². The van der Waals surface area contributed by atoms with Gasteiger partial charge in [-0.25, -0.2) is 4.39 Å². The molecule has 206 valence electrons. The molecule has 3 aromatic carbocycles. The first-order chi connectivity index (χ1) is 19.0. The Morgan fingerprint density at radius 1 is 0.667 bits per heavy atom. The van der Waals surface area contributed by atoms with Crippen molar-refractivity contribution in [3.8, 4) is 0 Å². The fourth-order valence-electron chi connectivity index (χ4n) is 6.26. The number of hydrogen-bond donors (Lipinski definition) is 0. The number of allylic oxidation sites excluding steroid dienone is 4. The number of halogens is 1. The van der Waals surface area contributed by atoms with Gasteiger partial charge in [-0.1, -0.05) is 144 Å². The molecule has 0 N–H and O–H groups in total. The molecule has 0 aromatic heterocycles. The molecule has 4 rings (SSSR count). The summed E-state index contributed by atoms with van der Waals surface area (Å²) >= 11 is 0. The molecule has 39 heavy (non-hydrogen) atoms. The number of benzene rings is 3.